The van der Waals surface area contributed by atoms with Crippen LogP contribution in [-0.2, 0) is 4.79 Å². The lowest BCUT2D eigenvalue weighted by Gasteiger charge is -2.36. The first-order chi connectivity index (χ1) is 13.5. The molecule has 0 aliphatic heterocycles. The normalized spacial score (nSPS) is 22.2. The van der Waals surface area contributed by atoms with Crippen LogP contribution in [0, 0.1) is 5.92 Å². The number of benzene rings is 1. The Morgan fingerprint density at radius 3 is 2.54 bits per heavy atom. The third-order valence-electron chi connectivity index (χ3n) is 5.68. The SMILES string of the molecule is CC1CCC(N(C(=O)CSc2nnc(-c3cccc(Cl)c3)n2N)C2CC2)CC1. The van der Waals surface area contributed by atoms with Crippen LogP contribution >= 0.6 is 23.4 Å². The van der Waals surface area contributed by atoms with Crippen LogP contribution in [0.4, 0.5) is 0 Å². The monoisotopic (exact) mass is 419 g/mol. The lowest BCUT2D eigenvalue weighted by atomic mass is 9.86. The number of aromatic nitrogens is 3. The van der Waals surface area contributed by atoms with Gasteiger partial charge in [0.25, 0.3) is 0 Å². The fourth-order valence-corrected chi connectivity index (χ4v) is 4.90. The van der Waals surface area contributed by atoms with Crippen molar-refractivity contribution in [2.75, 3.05) is 11.6 Å². The van der Waals surface area contributed by atoms with Crippen LogP contribution in [0.25, 0.3) is 11.4 Å². The molecule has 1 aromatic carbocycles. The number of rotatable bonds is 6. The number of nitrogens with zero attached hydrogens (tertiary/aromatic N) is 4. The van der Waals surface area contributed by atoms with Crippen LogP contribution in [0.15, 0.2) is 29.4 Å². The van der Waals surface area contributed by atoms with Gasteiger partial charge in [-0.2, -0.15) is 0 Å². The second-order valence-electron chi connectivity index (χ2n) is 7.92. The Bertz CT molecular complexity index is 845. The molecule has 0 unspecified atom stereocenters. The highest BCUT2D eigenvalue weighted by Gasteiger charge is 2.38. The van der Waals surface area contributed by atoms with Gasteiger partial charge in [-0.1, -0.05) is 42.4 Å². The number of thioether (sulfide) groups is 1. The van der Waals surface area contributed by atoms with Crippen LogP contribution in [0.3, 0.4) is 0 Å². The quantitative estimate of drug-likeness (QED) is 0.566. The van der Waals surface area contributed by atoms with Gasteiger partial charge in [0, 0.05) is 22.7 Å². The number of nitrogen functional groups attached to an aromatic ring is 1. The summed E-state index contributed by atoms with van der Waals surface area (Å²) in [5.41, 5.74) is 0.802. The van der Waals surface area contributed by atoms with Crippen molar-refractivity contribution in [3.05, 3.63) is 29.3 Å². The Morgan fingerprint density at radius 2 is 1.89 bits per heavy atom. The molecule has 0 spiro atoms. The van der Waals surface area contributed by atoms with Crippen LogP contribution in [0.1, 0.15) is 45.4 Å². The summed E-state index contributed by atoms with van der Waals surface area (Å²) < 4.78 is 1.44. The smallest absolute Gasteiger partial charge is 0.233 e. The molecule has 1 amide bonds. The maximum Gasteiger partial charge on any atom is 0.233 e. The third kappa shape index (κ3) is 4.30. The minimum atomic E-state index is 0.194. The molecule has 0 bridgehead atoms. The predicted molar refractivity (Wildman–Crippen MR) is 113 cm³/mol. The van der Waals surface area contributed by atoms with Crippen molar-refractivity contribution in [3.8, 4) is 11.4 Å². The molecular weight excluding hydrogens is 394 g/mol. The van der Waals surface area contributed by atoms with Gasteiger partial charge in [-0.3, -0.25) is 4.79 Å². The van der Waals surface area contributed by atoms with Gasteiger partial charge in [-0.05, 0) is 56.6 Å². The highest BCUT2D eigenvalue weighted by Crippen LogP contribution is 2.36. The summed E-state index contributed by atoms with van der Waals surface area (Å²) in [5.74, 6) is 8.04. The fourth-order valence-electron chi connectivity index (χ4n) is 3.98. The molecule has 0 radical (unpaired) electrons. The molecule has 2 aliphatic rings. The zero-order chi connectivity index (χ0) is 19.7. The molecule has 28 heavy (non-hydrogen) atoms. The molecule has 150 valence electrons. The molecule has 2 N–H and O–H groups in total. The summed E-state index contributed by atoms with van der Waals surface area (Å²) in [6.45, 7) is 2.31. The maximum atomic E-state index is 13.0. The van der Waals surface area contributed by atoms with E-state index in [-0.39, 0.29) is 5.91 Å². The Hall–Kier alpha value is -1.73. The highest BCUT2D eigenvalue weighted by atomic mass is 35.5. The first-order valence-corrected chi connectivity index (χ1v) is 11.3. The summed E-state index contributed by atoms with van der Waals surface area (Å²) >= 11 is 7.41. The zero-order valence-corrected chi connectivity index (χ0v) is 17.6. The lowest BCUT2D eigenvalue weighted by Crippen LogP contribution is -2.44. The van der Waals surface area contributed by atoms with Crippen LogP contribution in [0.2, 0.25) is 5.02 Å². The lowest BCUT2D eigenvalue weighted by molar-refractivity contribution is -0.132. The Morgan fingerprint density at radius 1 is 1.21 bits per heavy atom. The predicted octanol–water partition coefficient (Wildman–Crippen LogP) is 3.97. The molecule has 4 rings (SSSR count). The Balaban J connectivity index is 1.41. The van der Waals surface area contributed by atoms with E-state index >= 15 is 0 Å². The van der Waals surface area contributed by atoms with Gasteiger partial charge in [0.1, 0.15) is 0 Å². The summed E-state index contributed by atoms with van der Waals surface area (Å²) in [4.78, 5) is 15.2. The molecule has 2 saturated carbocycles. The first kappa shape index (κ1) is 19.6. The van der Waals surface area contributed by atoms with Crippen molar-refractivity contribution >= 4 is 29.3 Å². The van der Waals surface area contributed by atoms with Crippen LogP contribution < -0.4 is 5.84 Å². The number of carbonyl (C=O) groups excluding carboxylic acids is 1. The molecule has 0 atom stereocenters. The third-order valence-corrected chi connectivity index (χ3v) is 6.84. The van der Waals surface area contributed by atoms with Gasteiger partial charge >= 0.3 is 0 Å². The van der Waals surface area contributed by atoms with E-state index in [1.807, 2.05) is 12.1 Å². The topological polar surface area (TPSA) is 77.0 Å². The molecular formula is C20H26ClN5OS. The van der Waals surface area contributed by atoms with E-state index in [0.29, 0.717) is 33.8 Å². The average molecular weight is 420 g/mol. The second kappa shape index (κ2) is 8.33. The van der Waals surface area contributed by atoms with E-state index in [4.69, 9.17) is 17.4 Å². The van der Waals surface area contributed by atoms with Crippen molar-refractivity contribution < 1.29 is 4.79 Å². The fraction of sp³-hybridized carbons (Fsp3) is 0.550. The molecule has 0 saturated heterocycles. The number of carbonyl (C=O) groups is 1. The average Bonchev–Trinajstić information content (AvgIpc) is 3.44. The number of amides is 1. The van der Waals surface area contributed by atoms with Crippen molar-refractivity contribution in [1.82, 2.24) is 19.8 Å². The van der Waals surface area contributed by atoms with E-state index in [2.05, 4.69) is 22.0 Å². The van der Waals surface area contributed by atoms with E-state index in [0.717, 1.165) is 37.2 Å². The minimum absolute atomic E-state index is 0.194. The molecule has 8 heteroatoms. The van der Waals surface area contributed by atoms with Crippen molar-refractivity contribution in [2.24, 2.45) is 5.92 Å². The maximum absolute atomic E-state index is 13.0. The zero-order valence-electron chi connectivity index (χ0n) is 16.1. The summed E-state index contributed by atoms with van der Waals surface area (Å²) in [6, 6.07) is 8.17. The molecule has 2 aliphatic carbocycles. The Kier molecular flexibility index (Phi) is 5.83. The van der Waals surface area contributed by atoms with Gasteiger partial charge in [0.15, 0.2) is 5.82 Å². The number of nitrogens with two attached hydrogens (primary N) is 1. The minimum Gasteiger partial charge on any atom is -0.336 e. The van der Waals surface area contributed by atoms with Gasteiger partial charge in [-0.15, -0.1) is 10.2 Å². The van der Waals surface area contributed by atoms with Crippen molar-refractivity contribution in [1.29, 1.82) is 0 Å². The largest absolute Gasteiger partial charge is 0.336 e. The molecule has 1 heterocycles. The summed E-state index contributed by atoms with van der Waals surface area (Å²) in [5, 5.41) is 9.51. The van der Waals surface area contributed by atoms with E-state index in [1.165, 1.54) is 29.3 Å². The van der Waals surface area contributed by atoms with E-state index in [9.17, 15) is 4.79 Å². The van der Waals surface area contributed by atoms with Gasteiger partial charge in [-0.25, -0.2) is 4.68 Å². The molecule has 2 fully saturated rings. The number of hydrogen-bond donors (Lipinski definition) is 1. The van der Waals surface area contributed by atoms with Gasteiger partial charge in [0.05, 0.1) is 5.75 Å². The molecule has 2 aromatic rings. The van der Waals surface area contributed by atoms with Crippen molar-refractivity contribution in [3.63, 3.8) is 0 Å². The molecule has 6 nitrogen and oxygen atoms in total. The summed E-state index contributed by atoms with van der Waals surface area (Å²) in [7, 11) is 0. The summed E-state index contributed by atoms with van der Waals surface area (Å²) in [6.07, 6.45) is 6.95. The van der Waals surface area contributed by atoms with Gasteiger partial charge in [0.2, 0.25) is 11.1 Å². The molecule has 1 aromatic heterocycles. The highest BCUT2D eigenvalue weighted by molar-refractivity contribution is 7.99. The number of halogens is 1. The van der Waals surface area contributed by atoms with Crippen LogP contribution in [0.5, 0.6) is 0 Å². The van der Waals surface area contributed by atoms with E-state index in [1.54, 1.807) is 12.1 Å². The van der Waals surface area contributed by atoms with E-state index < -0.39 is 0 Å². The second-order valence-corrected chi connectivity index (χ2v) is 9.30. The Labute approximate surface area is 174 Å². The number of hydrogen-bond acceptors (Lipinski definition) is 5. The van der Waals surface area contributed by atoms with Gasteiger partial charge < -0.3 is 10.7 Å². The first-order valence-electron chi connectivity index (χ1n) is 9.93. The standard InChI is InChI=1S/C20H26ClN5OS/c1-13-5-7-16(8-6-13)25(17-9-10-17)18(27)12-28-20-24-23-19(26(20)22)14-3-2-4-15(21)11-14/h2-4,11,13,16-17H,5-10,12,22H2,1H3. The van der Waals surface area contributed by atoms with Crippen LogP contribution in [-0.4, -0.2) is 43.5 Å². The van der Waals surface area contributed by atoms with Crippen molar-refractivity contribution in [2.45, 2.75) is 62.7 Å².